The molecule has 5 nitrogen and oxygen atoms in total. The Morgan fingerprint density at radius 3 is 3.00 bits per heavy atom. The summed E-state index contributed by atoms with van der Waals surface area (Å²) in [5.74, 6) is 1.25. The summed E-state index contributed by atoms with van der Waals surface area (Å²) >= 11 is 0. The van der Waals surface area contributed by atoms with E-state index in [1.807, 2.05) is 22.9 Å². The highest BCUT2D eigenvalue weighted by Crippen LogP contribution is 2.61. The highest BCUT2D eigenvalue weighted by molar-refractivity contribution is 5.94. The molecule has 1 spiro atoms. The van der Waals surface area contributed by atoms with Gasteiger partial charge in [-0.15, -0.1) is 0 Å². The van der Waals surface area contributed by atoms with Gasteiger partial charge in [-0.2, -0.15) is 0 Å². The van der Waals surface area contributed by atoms with E-state index >= 15 is 0 Å². The lowest BCUT2D eigenvalue weighted by molar-refractivity contribution is 0.0950. The van der Waals surface area contributed by atoms with Gasteiger partial charge in [-0.3, -0.25) is 9.36 Å². The second-order valence-electron chi connectivity index (χ2n) is 7.30. The maximum Gasteiger partial charge on any atom is 0.252 e. The Labute approximate surface area is 152 Å². The number of hydrogen-bond acceptors (Lipinski definition) is 3. The Bertz CT molecular complexity index is 948. The molecule has 0 aliphatic heterocycles. The first kappa shape index (κ1) is 15.3. The highest BCUT2D eigenvalue weighted by atomic mass is 16.1. The summed E-state index contributed by atoms with van der Waals surface area (Å²) in [7, 11) is 0. The van der Waals surface area contributed by atoms with Crippen molar-refractivity contribution < 1.29 is 4.79 Å². The Kier molecular flexibility index (Phi) is 3.42. The largest absolute Gasteiger partial charge is 0.352 e. The third-order valence-electron chi connectivity index (χ3n) is 5.91. The molecule has 0 bridgehead atoms. The van der Waals surface area contributed by atoms with Crippen LogP contribution in [0, 0.1) is 5.92 Å². The van der Waals surface area contributed by atoms with Crippen molar-refractivity contribution in [3.63, 3.8) is 0 Å². The fourth-order valence-electron chi connectivity index (χ4n) is 4.39. The van der Waals surface area contributed by atoms with E-state index in [1.165, 1.54) is 30.4 Å². The van der Waals surface area contributed by atoms with E-state index in [1.54, 1.807) is 18.7 Å². The normalized spacial score (nSPS) is 23.0. The van der Waals surface area contributed by atoms with E-state index in [2.05, 4.69) is 39.6 Å². The lowest BCUT2D eigenvalue weighted by Gasteiger charge is -2.12. The van der Waals surface area contributed by atoms with Gasteiger partial charge in [0.05, 0.1) is 5.56 Å². The number of pyridine rings is 1. The number of aromatic nitrogens is 3. The molecule has 5 heteroatoms. The number of fused-ring (bicyclic) bond motifs is 2. The van der Waals surface area contributed by atoms with Crippen molar-refractivity contribution in [2.24, 2.45) is 5.92 Å². The Balaban J connectivity index is 1.23. The van der Waals surface area contributed by atoms with Crippen molar-refractivity contribution in [3.05, 3.63) is 78.0 Å². The molecule has 1 N–H and O–H groups in total. The fourth-order valence-corrected chi connectivity index (χ4v) is 4.39. The van der Waals surface area contributed by atoms with Gasteiger partial charge in [0.2, 0.25) is 0 Å². The minimum atomic E-state index is -0.0528. The van der Waals surface area contributed by atoms with Crippen LogP contribution in [0.4, 0.5) is 0 Å². The summed E-state index contributed by atoms with van der Waals surface area (Å²) in [6.45, 7) is 0.733. The molecule has 2 aromatic heterocycles. The lowest BCUT2D eigenvalue weighted by Crippen LogP contribution is -2.27. The molecule has 2 aliphatic rings. The van der Waals surface area contributed by atoms with Crippen LogP contribution in [0.2, 0.25) is 0 Å². The predicted molar refractivity (Wildman–Crippen MR) is 98.2 cm³/mol. The molecule has 1 aromatic carbocycles. The fraction of sp³-hybridized carbons (Fsp3) is 0.286. The number of aryl methyl sites for hydroxylation is 1. The number of benzene rings is 1. The third-order valence-corrected chi connectivity index (χ3v) is 5.91. The number of amides is 1. The number of rotatable bonds is 4. The summed E-state index contributed by atoms with van der Waals surface area (Å²) in [6.07, 6.45) is 10.4. The zero-order valence-electron chi connectivity index (χ0n) is 14.4. The van der Waals surface area contributed by atoms with Crippen LogP contribution >= 0.6 is 0 Å². The zero-order chi connectivity index (χ0) is 17.6. The molecule has 0 radical (unpaired) electrons. The molecule has 0 saturated heterocycles. The van der Waals surface area contributed by atoms with E-state index in [0.717, 1.165) is 12.4 Å². The first-order chi connectivity index (χ1) is 12.8. The number of carbonyl (C=O) groups excluding carboxylic acids is 1. The molecule has 2 heterocycles. The van der Waals surface area contributed by atoms with Gasteiger partial charge >= 0.3 is 0 Å². The van der Waals surface area contributed by atoms with Crippen molar-refractivity contribution in [3.8, 4) is 5.82 Å². The molecule has 2 aliphatic carbocycles. The Morgan fingerprint density at radius 2 is 2.19 bits per heavy atom. The topological polar surface area (TPSA) is 59.8 Å². The van der Waals surface area contributed by atoms with Gasteiger partial charge < -0.3 is 5.32 Å². The van der Waals surface area contributed by atoms with Crippen LogP contribution < -0.4 is 5.32 Å². The smallest absolute Gasteiger partial charge is 0.252 e. The van der Waals surface area contributed by atoms with Gasteiger partial charge in [-0.25, -0.2) is 9.97 Å². The minimum absolute atomic E-state index is 0.0528. The number of hydrogen-bond donors (Lipinski definition) is 1. The molecule has 3 aromatic rings. The second-order valence-corrected chi connectivity index (χ2v) is 7.30. The van der Waals surface area contributed by atoms with Crippen molar-refractivity contribution in [2.75, 3.05) is 6.54 Å². The molecular formula is C21H20N4O. The Morgan fingerprint density at radius 1 is 1.27 bits per heavy atom. The number of nitrogens with zero attached hydrogens (tertiary/aromatic N) is 3. The van der Waals surface area contributed by atoms with Crippen LogP contribution in [0.1, 0.15) is 34.3 Å². The average Bonchev–Trinajstić information content (AvgIpc) is 3.01. The van der Waals surface area contributed by atoms with Crippen molar-refractivity contribution in [1.82, 2.24) is 19.9 Å². The van der Waals surface area contributed by atoms with Gasteiger partial charge in [0.15, 0.2) is 0 Å². The molecule has 1 fully saturated rings. The van der Waals surface area contributed by atoms with Crippen LogP contribution in [-0.2, 0) is 11.8 Å². The summed E-state index contributed by atoms with van der Waals surface area (Å²) in [4.78, 5) is 20.8. The molecule has 5 rings (SSSR count). The molecule has 2 unspecified atom stereocenters. The van der Waals surface area contributed by atoms with E-state index in [-0.39, 0.29) is 5.91 Å². The van der Waals surface area contributed by atoms with Crippen LogP contribution in [0.5, 0.6) is 0 Å². The monoisotopic (exact) mass is 344 g/mol. The summed E-state index contributed by atoms with van der Waals surface area (Å²) in [5, 5.41) is 3.10. The lowest BCUT2D eigenvalue weighted by atomic mass is 9.95. The molecule has 2 atom stereocenters. The van der Waals surface area contributed by atoms with E-state index in [4.69, 9.17) is 0 Å². The average molecular weight is 344 g/mol. The minimum Gasteiger partial charge on any atom is -0.352 e. The summed E-state index contributed by atoms with van der Waals surface area (Å²) < 4.78 is 1.81. The first-order valence-corrected chi connectivity index (χ1v) is 9.07. The number of carbonyl (C=O) groups is 1. The van der Waals surface area contributed by atoms with E-state index in [0.29, 0.717) is 16.9 Å². The predicted octanol–water partition coefficient (Wildman–Crippen LogP) is 2.90. The number of imidazole rings is 1. The molecule has 26 heavy (non-hydrogen) atoms. The van der Waals surface area contributed by atoms with Gasteiger partial charge in [0, 0.05) is 30.6 Å². The van der Waals surface area contributed by atoms with Gasteiger partial charge in [0.1, 0.15) is 12.1 Å². The van der Waals surface area contributed by atoms with Crippen molar-refractivity contribution in [2.45, 2.75) is 24.7 Å². The maximum absolute atomic E-state index is 12.5. The van der Waals surface area contributed by atoms with Crippen LogP contribution in [0.3, 0.4) is 0 Å². The molecule has 1 amide bonds. The maximum atomic E-state index is 12.5. The zero-order valence-corrected chi connectivity index (χ0v) is 14.4. The van der Waals surface area contributed by atoms with Crippen molar-refractivity contribution in [1.29, 1.82) is 0 Å². The van der Waals surface area contributed by atoms with Crippen LogP contribution in [0.15, 0.2) is 61.3 Å². The second kappa shape index (κ2) is 5.80. The summed E-state index contributed by atoms with van der Waals surface area (Å²) in [6, 6.07) is 12.4. The Hall–Kier alpha value is -2.95. The van der Waals surface area contributed by atoms with Crippen LogP contribution in [-0.4, -0.2) is 27.0 Å². The molecule has 130 valence electrons. The van der Waals surface area contributed by atoms with Gasteiger partial charge in [-0.05, 0) is 48.4 Å². The summed E-state index contributed by atoms with van der Waals surface area (Å²) in [5.41, 5.74) is 3.90. The van der Waals surface area contributed by atoms with Gasteiger partial charge in [0.25, 0.3) is 5.91 Å². The first-order valence-electron chi connectivity index (χ1n) is 9.07. The van der Waals surface area contributed by atoms with Crippen LogP contribution in [0.25, 0.3) is 5.82 Å². The SMILES string of the molecule is O=C(NCC1CC12CCc1ccccc12)c1ccc(-n2ccnc2)nc1. The van der Waals surface area contributed by atoms with E-state index in [9.17, 15) is 4.79 Å². The quantitative estimate of drug-likeness (QED) is 0.792. The number of nitrogens with one attached hydrogen (secondary N) is 1. The van der Waals surface area contributed by atoms with Gasteiger partial charge in [-0.1, -0.05) is 24.3 Å². The highest BCUT2D eigenvalue weighted by Gasteiger charge is 2.57. The third kappa shape index (κ3) is 2.43. The van der Waals surface area contributed by atoms with Crippen molar-refractivity contribution >= 4 is 5.91 Å². The standard InChI is InChI=1S/C21H20N4O/c26-20(16-5-6-19(23-12-16)25-10-9-22-14-25)24-13-17-11-21(17)8-7-15-3-1-2-4-18(15)21/h1-6,9-10,12,14,17H,7-8,11,13H2,(H,24,26). The molecular weight excluding hydrogens is 324 g/mol. The van der Waals surface area contributed by atoms with E-state index < -0.39 is 0 Å². The molecule has 1 saturated carbocycles.